The van der Waals surface area contributed by atoms with E-state index in [4.69, 9.17) is 11.6 Å². The topological polar surface area (TPSA) is 54.9 Å². The van der Waals surface area contributed by atoms with Gasteiger partial charge in [-0.2, -0.15) is 13.2 Å². The summed E-state index contributed by atoms with van der Waals surface area (Å²) in [5, 5.41) is 2.33. The van der Waals surface area contributed by atoms with Crippen LogP contribution in [-0.4, -0.2) is 21.1 Å². The maximum Gasteiger partial charge on any atom is 0.433 e. The molecule has 1 heterocycles. The third-order valence-corrected chi connectivity index (χ3v) is 5.37. The Bertz CT molecular complexity index is 1060. The normalized spacial score (nSPS) is 12.5. The number of hydrogen-bond donors (Lipinski definition) is 1. The molecule has 0 fully saturated rings. The lowest BCUT2D eigenvalue weighted by atomic mass is 10.1. The molecule has 2 aromatic carbocycles. The van der Waals surface area contributed by atoms with Crippen LogP contribution >= 0.6 is 23.4 Å². The van der Waals surface area contributed by atoms with Crippen molar-refractivity contribution in [2.24, 2.45) is 0 Å². The zero-order valence-electron chi connectivity index (χ0n) is 16.0. The molecule has 30 heavy (non-hydrogen) atoms. The molecule has 0 bridgehead atoms. The molecule has 1 amide bonds. The van der Waals surface area contributed by atoms with Gasteiger partial charge < -0.3 is 5.32 Å². The number of benzene rings is 2. The van der Waals surface area contributed by atoms with Crippen molar-refractivity contribution in [3.63, 3.8) is 0 Å². The molecule has 1 atom stereocenters. The van der Waals surface area contributed by atoms with Gasteiger partial charge in [0.2, 0.25) is 5.91 Å². The predicted octanol–water partition coefficient (Wildman–Crippen LogP) is 6.24. The maximum atomic E-state index is 13.3. The number of amides is 1. The van der Waals surface area contributed by atoms with Gasteiger partial charge in [0, 0.05) is 16.3 Å². The van der Waals surface area contributed by atoms with E-state index in [0.29, 0.717) is 16.3 Å². The number of rotatable bonds is 5. The molecule has 0 spiro atoms. The number of thioether (sulfide) groups is 1. The summed E-state index contributed by atoms with van der Waals surface area (Å²) in [5.74, 6) is -0.396. The Kier molecular flexibility index (Phi) is 6.67. The van der Waals surface area contributed by atoms with Crippen LogP contribution in [0.2, 0.25) is 5.02 Å². The third kappa shape index (κ3) is 5.52. The van der Waals surface area contributed by atoms with E-state index in [1.54, 1.807) is 55.5 Å². The fourth-order valence-electron chi connectivity index (χ4n) is 2.55. The molecule has 1 aromatic heterocycles. The number of halogens is 4. The summed E-state index contributed by atoms with van der Waals surface area (Å²) in [4.78, 5) is 20.4. The molecule has 3 rings (SSSR count). The molecular weight excluding hydrogens is 435 g/mol. The van der Waals surface area contributed by atoms with Crippen LogP contribution in [0.15, 0.2) is 59.8 Å². The largest absolute Gasteiger partial charge is 0.433 e. The highest BCUT2D eigenvalue weighted by atomic mass is 35.5. The molecule has 4 nitrogen and oxygen atoms in total. The van der Waals surface area contributed by atoms with Gasteiger partial charge >= 0.3 is 6.18 Å². The van der Waals surface area contributed by atoms with Gasteiger partial charge in [-0.3, -0.25) is 4.79 Å². The second-order valence-corrected chi connectivity index (χ2v) is 8.24. The number of hydrogen-bond acceptors (Lipinski definition) is 4. The van der Waals surface area contributed by atoms with Crippen molar-refractivity contribution in [1.29, 1.82) is 0 Å². The first-order valence-corrected chi connectivity index (χ1v) is 10.1. The molecule has 0 radical (unpaired) electrons. The highest BCUT2D eigenvalue weighted by Gasteiger charge is 2.34. The maximum absolute atomic E-state index is 13.3. The Balaban J connectivity index is 1.85. The number of carbonyl (C=O) groups is 1. The first-order chi connectivity index (χ1) is 14.1. The molecule has 156 valence electrons. The number of carbonyl (C=O) groups excluding carboxylic acids is 1. The summed E-state index contributed by atoms with van der Waals surface area (Å²) >= 11 is 6.82. The number of aryl methyl sites for hydroxylation is 1. The summed E-state index contributed by atoms with van der Waals surface area (Å²) in [6.45, 7) is 3.39. The van der Waals surface area contributed by atoms with E-state index < -0.39 is 23.0 Å². The van der Waals surface area contributed by atoms with Gasteiger partial charge in [0.05, 0.1) is 10.9 Å². The fraction of sp³-hybridized carbons (Fsp3) is 0.190. The lowest BCUT2D eigenvalue weighted by Crippen LogP contribution is -2.23. The van der Waals surface area contributed by atoms with Gasteiger partial charge in [0.25, 0.3) is 0 Å². The molecule has 1 N–H and O–H groups in total. The second kappa shape index (κ2) is 9.06. The lowest BCUT2D eigenvalue weighted by Gasteiger charge is -2.15. The minimum Gasteiger partial charge on any atom is -0.325 e. The molecule has 0 aliphatic heterocycles. The molecule has 3 aromatic rings. The van der Waals surface area contributed by atoms with Crippen molar-refractivity contribution in [2.45, 2.75) is 30.4 Å². The zero-order chi connectivity index (χ0) is 21.9. The van der Waals surface area contributed by atoms with E-state index in [9.17, 15) is 18.0 Å². The molecule has 0 unspecified atom stereocenters. The standard InChI is InChI=1S/C21H17ClF3N3OS/c1-12-8-9-15(22)10-16(12)26-19(29)13(2)30-20-27-17(14-6-4-3-5-7-14)11-18(28-20)21(23,24)25/h3-11,13H,1-2H3,(H,26,29)/t13-/m1/s1. The number of anilines is 1. The van der Waals surface area contributed by atoms with Crippen LogP contribution in [0.1, 0.15) is 18.2 Å². The number of aromatic nitrogens is 2. The number of nitrogens with zero attached hydrogens (tertiary/aromatic N) is 2. The summed E-state index contributed by atoms with van der Waals surface area (Å²) in [7, 11) is 0. The zero-order valence-corrected chi connectivity index (χ0v) is 17.6. The Labute approximate surface area is 180 Å². The van der Waals surface area contributed by atoms with E-state index in [1.807, 2.05) is 6.92 Å². The van der Waals surface area contributed by atoms with Crippen LogP contribution in [0.25, 0.3) is 11.3 Å². The van der Waals surface area contributed by atoms with Crippen molar-refractivity contribution in [3.05, 3.63) is 70.9 Å². The van der Waals surface area contributed by atoms with Crippen LogP contribution in [0.3, 0.4) is 0 Å². The van der Waals surface area contributed by atoms with E-state index in [-0.39, 0.29) is 10.9 Å². The third-order valence-electron chi connectivity index (χ3n) is 4.17. The average molecular weight is 452 g/mol. The van der Waals surface area contributed by atoms with Crippen molar-refractivity contribution in [2.75, 3.05) is 5.32 Å². The van der Waals surface area contributed by atoms with Crippen LogP contribution in [0.5, 0.6) is 0 Å². The van der Waals surface area contributed by atoms with Gasteiger partial charge in [-0.25, -0.2) is 9.97 Å². The summed E-state index contributed by atoms with van der Waals surface area (Å²) < 4.78 is 40.0. The molecule has 0 aliphatic rings. The fourth-order valence-corrected chi connectivity index (χ4v) is 3.51. The van der Waals surface area contributed by atoms with Crippen molar-refractivity contribution >= 4 is 35.0 Å². The Morgan fingerprint density at radius 3 is 2.47 bits per heavy atom. The van der Waals surface area contributed by atoms with E-state index in [0.717, 1.165) is 23.4 Å². The van der Waals surface area contributed by atoms with Gasteiger partial charge in [-0.1, -0.05) is 59.8 Å². The Hall–Kier alpha value is -2.58. The number of alkyl halides is 3. The van der Waals surface area contributed by atoms with Gasteiger partial charge in [0.15, 0.2) is 5.16 Å². The first-order valence-electron chi connectivity index (χ1n) is 8.89. The Morgan fingerprint density at radius 2 is 1.80 bits per heavy atom. The molecular formula is C21H17ClF3N3OS. The van der Waals surface area contributed by atoms with Gasteiger partial charge in [0.1, 0.15) is 5.69 Å². The summed E-state index contributed by atoms with van der Waals surface area (Å²) in [6, 6.07) is 14.5. The lowest BCUT2D eigenvalue weighted by molar-refractivity contribution is -0.141. The highest BCUT2D eigenvalue weighted by Crippen LogP contribution is 2.33. The minimum absolute atomic E-state index is 0.130. The van der Waals surface area contributed by atoms with Crippen LogP contribution in [0.4, 0.5) is 18.9 Å². The van der Waals surface area contributed by atoms with E-state index in [2.05, 4.69) is 15.3 Å². The van der Waals surface area contributed by atoms with Crippen molar-refractivity contribution in [3.8, 4) is 11.3 Å². The minimum atomic E-state index is -4.63. The summed E-state index contributed by atoms with van der Waals surface area (Å²) in [6.07, 6.45) is -4.63. The predicted molar refractivity (Wildman–Crippen MR) is 113 cm³/mol. The van der Waals surface area contributed by atoms with E-state index in [1.165, 1.54) is 0 Å². The SMILES string of the molecule is Cc1ccc(Cl)cc1NC(=O)[C@@H](C)Sc1nc(-c2ccccc2)cc(C(F)(F)F)n1. The van der Waals surface area contributed by atoms with Crippen LogP contribution in [-0.2, 0) is 11.0 Å². The van der Waals surface area contributed by atoms with Gasteiger partial charge in [-0.05, 0) is 37.6 Å². The molecule has 9 heteroatoms. The number of nitrogens with one attached hydrogen (secondary N) is 1. The van der Waals surface area contributed by atoms with Gasteiger partial charge in [-0.15, -0.1) is 0 Å². The smallest absolute Gasteiger partial charge is 0.325 e. The first kappa shape index (κ1) is 22.1. The van der Waals surface area contributed by atoms with Crippen molar-refractivity contribution in [1.82, 2.24) is 9.97 Å². The highest BCUT2D eigenvalue weighted by molar-refractivity contribution is 8.00. The van der Waals surface area contributed by atoms with Crippen molar-refractivity contribution < 1.29 is 18.0 Å². The molecule has 0 saturated heterocycles. The molecule has 0 saturated carbocycles. The van der Waals surface area contributed by atoms with Crippen LogP contribution in [0, 0.1) is 6.92 Å². The Morgan fingerprint density at radius 1 is 1.10 bits per heavy atom. The monoisotopic (exact) mass is 451 g/mol. The molecule has 0 aliphatic carbocycles. The van der Waals surface area contributed by atoms with E-state index >= 15 is 0 Å². The van der Waals surface area contributed by atoms with Crippen LogP contribution < -0.4 is 5.32 Å². The summed E-state index contributed by atoms with van der Waals surface area (Å²) in [5.41, 5.74) is 0.955. The quantitative estimate of drug-likeness (QED) is 0.368. The average Bonchev–Trinajstić information content (AvgIpc) is 2.70. The second-order valence-electron chi connectivity index (χ2n) is 6.49.